The second-order valence-electron chi connectivity index (χ2n) is 6.62. The lowest BCUT2D eigenvalue weighted by molar-refractivity contribution is -0.144. The molecule has 0 radical (unpaired) electrons. The van der Waals surface area contributed by atoms with Crippen LogP contribution in [0.2, 0.25) is 0 Å². The van der Waals surface area contributed by atoms with E-state index in [0.717, 1.165) is 4.90 Å². The van der Waals surface area contributed by atoms with E-state index < -0.39 is 36.9 Å². The highest BCUT2D eigenvalue weighted by Crippen LogP contribution is 2.29. The highest BCUT2D eigenvalue weighted by Gasteiger charge is 2.45. The summed E-state index contributed by atoms with van der Waals surface area (Å²) >= 11 is 0. The predicted octanol–water partition coefficient (Wildman–Crippen LogP) is 1.36. The number of imide groups is 2. The minimum Gasteiger partial charge on any atom is -0.493 e. The molecular formula is C18H21F2N3O6. The number of carbonyl (C=O) groups excluding carboxylic acids is 4. The molecule has 1 aromatic carbocycles. The molecule has 0 saturated carbocycles. The molecule has 0 unspecified atom stereocenters. The van der Waals surface area contributed by atoms with Gasteiger partial charge in [-0.25, -0.2) is 9.69 Å². The predicted molar refractivity (Wildman–Crippen MR) is 95.1 cm³/mol. The smallest absolute Gasteiger partial charge is 0.387 e. The Morgan fingerprint density at radius 1 is 1.10 bits per heavy atom. The van der Waals surface area contributed by atoms with Gasteiger partial charge in [0.05, 0.1) is 7.11 Å². The first-order valence-corrected chi connectivity index (χ1v) is 8.69. The molecule has 1 aromatic rings. The maximum atomic E-state index is 12.4. The van der Waals surface area contributed by atoms with Crippen molar-refractivity contribution in [3.63, 3.8) is 0 Å². The Morgan fingerprint density at radius 2 is 1.76 bits per heavy atom. The van der Waals surface area contributed by atoms with E-state index >= 15 is 0 Å². The van der Waals surface area contributed by atoms with Gasteiger partial charge in [0.25, 0.3) is 0 Å². The van der Waals surface area contributed by atoms with Gasteiger partial charge in [0.15, 0.2) is 11.5 Å². The number of ether oxygens (including phenoxy) is 2. The Morgan fingerprint density at radius 3 is 2.34 bits per heavy atom. The van der Waals surface area contributed by atoms with E-state index in [4.69, 9.17) is 4.74 Å². The van der Waals surface area contributed by atoms with Crippen molar-refractivity contribution in [1.82, 2.24) is 15.1 Å². The van der Waals surface area contributed by atoms with Crippen LogP contribution in [0.4, 0.5) is 13.6 Å². The number of halogens is 2. The molecule has 1 saturated heterocycles. The molecule has 1 heterocycles. The van der Waals surface area contributed by atoms with Gasteiger partial charge in [0, 0.05) is 13.1 Å². The number of urea groups is 1. The van der Waals surface area contributed by atoms with E-state index in [2.05, 4.69) is 10.1 Å². The number of hydrogen-bond acceptors (Lipinski definition) is 6. The summed E-state index contributed by atoms with van der Waals surface area (Å²) in [5.74, 6) is -2.82. The summed E-state index contributed by atoms with van der Waals surface area (Å²) in [5, 5.41) is 2.49. The van der Waals surface area contributed by atoms with Gasteiger partial charge in [0.1, 0.15) is 6.54 Å². The lowest BCUT2D eigenvalue weighted by Crippen LogP contribution is -2.41. The molecule has 29 heavy (non-hydrogen) atoms. The summed E-state index contributed by atoms with van der Waals surface area (Å²) in [6.07, 6.45) is 0. The zero-order valence-corrected chi connectivity index (χ0v) is 16.1. The molecule has 158 valence electrons. The molecular weight excluding hydrogens is 392 g/mol. The third kappa shape index (κ3) is 5.39. The van der Waals surface area contributed by atoms with Crippen molar-refractivity contribution >= 4 is 23.8 Å². The normalized spacial score (nSPS) is 14.2. The van der Waals surface area contributed by atoms with Crippen LogP contribution >= 0.6 is 0 Å². The Balaban J connectivity index is 1.97. The van der Waals surface area contributed by atoms with Crippen molar-refractivity contribution in [2.45, 2.75) is 27.0 Å². The summed E-state index contributed by atoms with van der Waals surface area (Å²) in [7, 11) is 1.28. The van der Waals surface area contributed by atoms with Gasteiger partial charge < -0.3 is 14.8 Å². The standard InChI is InChI=1S/C18H21F2N3O6/c1-10(2)8-22-15(25)16(26)23(18(22)27)9-14(24)21-7-11-4-5-12(29-17(19)20)13(6-11)28-3/h4-6,10,17H,7-9H2,1-3H3,(H,21,24). The zero-order valence-electron chi connectivity index (χ0n) is 16.1. The van der Waals surface area contributed by atoms with Crippen molar-refractivity contribution in [2.24, 2.45) is 5.92 Å². The quantitative estimate of drug-likeness (QED) is 0.484. The first-order valence-electron chi connectivity index (χ1n) is 8.69. The second kappa shape index (κ2) is 9.30. The van der Waals surface area contributed by atoms with Gasteiger partial charge in [-0.05, 0) is 23.6 Å². The molecule has 1 N–H and O–H groups in total. The fraction of sp³-hybridized carbons (Fsp3) is 0.444. The summed E-state index contributed by atoms with van der Waals surface area (Å²) in [4.78, 5) is 49.6. The molecule has 9 nitrogen and oxygen atoms in total. The number of nitrogens with one attached hydrogen (secondary N) is 1. The Hall–Kier alpha value is -3.24. The number of amides is 5. The number of nitrogens with zero attached hydrogens (tertiary/aromatic N) is 2. The Kier molecular flexibility index (Phi) is 7.08. The SMILES string of the molecule is COc1cc(CNC(=O)CN2C(=O)C(=O)N(CC(C)C)C2=O)ccc1OC(F)F. The summed E-state index contributed by atoms with van der Waals surface area (Å²) in [5.41, 5.74) is 0.508. The maximum absolute atomic E-state index is 12.4. The van der Waals surface area contributed by atoms with Crippen molar-refractivity contribution < 1.29 is 37.4 Å². The molecule has 1 aliphatic heterocycles. The van der Waals surface area contributed by atoms with Crippen LogP contribution in [0.25, 0.3) is 0 Å². The van der Waals surface area contributed by atoms with Crippen LogP contribution < -0.4 is 14.8 Å². The van der Waals surface area contributed by atoms with Gasteiger partial charge in [0.2, 0.25) is 5.91 Å². The Bertz CT molecular complexity index is 815. The van der Waals surface area contributed by atoms with Crippen LogP contribution in [0.5, 0.6) is 11.5 Å². The second-order valence-corrected chi connectivity index (χ2v) is 6.62. The van der Waals surface area contributed by atoms with Crippen molar-refractivity contribution in [1.29, 1.82) is 0 Å². The number of methoxy groups -OCH3 is 1. The van der Waals surface area contributed by atoms with Gasteiger partial charge in [-0.2, -0.15) is 8.78 Å². The number of benzene rings is 1. The van der Waals surface area contributed by atoms with Gasteiger partial charge >= 0.3 is 24.5 Å². The molecule has 0 bridgehead atoms. The minimum atomic E-state index is -3.01. The van der Waals surface area contributed by atoms with Crippen LogP contribution in [0.3, 0.4) is 0 Å². The van der Waals surface area contributed by atoms with E-state index in [1.54, 1.807) is 13.8 Å². The third-order valence-electron chi connectivity index (χ3n) is 3.92. The van der Waals surface area contributed by atoms with Gasteiger partial charge in [-0.3, -0.25) is 19.3 Å². The Labute approximate surface area is 165 Å². The summed E-state index contributed by atoms with van der Waals surface area (Å²) < 4.78 is 34.0. The van der Waals surface area contributed by atoms with Gasteiger partial charge in [-0.1, -0.05) is 19.9 Å². The molecule has 1 fully saturated rings. The molecule has 1 aliphatic rings. The van der Waals surface area contributed by atoms with Crippen molar-refractivity contribution in [2.75, 3.05) is 20.2 Å². The van der Waals surface area contributed by atoms with Crippen LogP contribution in [0.15, 0.2) is 18.2 Å². The van der Waals surface area contributed by atoms with Crippen molar-refractivity contribution in [3.8, 4) is 11.5 Å². The monoisotopic (exact) mass is 413 g/mol. The van der Waals surface area contributed by atoms with E-state index in [1.165, 1.54) is 25.3 Å². The van der Waals surface area contributed by atoms with E-state index in [-0.39, 0.29) is 30.5 Å². The summed E-state index contributed by atoms with van der Waals surface area (Å²) in [6, 6.07) is 3.28. The average molecular weight is 413 g/mol. The van der Waals surface area contributed by atoms with Crippen LogP contribution in [-0.2, 0) is 20.9 Å². The van der Waals surface area contributed by atoms with E-state index in [0.29, 0.717) is 10.5 Å². The first-order chi connectivity index (χ1) is 13.6. The minimum absolute atomic E-state index is 0.0238. The van der Waals surface area contributed by atoms with Crippen LogP contribution in [0, 0.1) is 5.92 Å². The molecule has 11 heteroatoms. The molecule has 0 aromatic heterocycles. The highest BCUT2D eigenvalue weighted by atomic mass is 19.3. The van der Waals surface area contributed by atoms with E-state index in [9.17, 15) is 28.0 Å². The van der Waals surface area contributed by atoms with Crippen LogP contribution in [0.1, 0.15) is 19.4 Å². The average Bonchev–Trinajstić information content (AvgIpc) is 2.84. The lowest BCUT2D eigenvalue weighted by Gasteiger charge is -2.17. The maximum Gasteiger partial charge on any atom is 0.387 e. The molecule has 0 aliphatic carbocycles. The molecule has 0 atom stereocenters. The van der Waals surface area contributed by atoms with Crippen molar-refractivity contribution in [3.05, 3.63) is 23.8 Å². The zero-order chi connectivity index (χ0) is 21.7. The number of alkyl halides is 2. The number of carbonyl (C=O) groups is 4. The fourth-order valence-electron chi connectivity index (χ4n) is 2.63. The fourth-order valence-corrected chi connectivity index (χ4v) is 2.63. The number of hydrogen-bond donors (Lipinski definition) is 1. The van der Waals surface area contributed by atoms with E-state index in [1.807, 2.05) is 0 Å². The topological polar surface area (TPSA) is 105 Å². The lowest BCUT2D eigenvalue weighted by atomic mass is 10.2. The molecule has 2 rings (SSSR count). The third-order valence-corrected chi connectivity index (χ3v) is 3.92. The van der Waals surface area contributed by atoms with Gasteiger partial charge in [-0.15, -0.1) is 0 Å². The number of rotatable bonds is 9. The molecule has 0 spiro atoms. The first kappa shape index (κ1) is 22.1. The molecule has 5 amide bonds. The van der Waals surface area contributed by atoms with Crippen LogP contribution in [-0.4, -0.2) is 60.4 Å². The summed E-state index contributed by atoms with van der Waals surface area (Å²) in [6.45, 7) is 0.00146. The highest BCUT2D eigenvalue weighted by molar-refractivity contribution is 6.45. The largest absolute Gasteiger partial charge is 0.493 e.